The molecule has 0 spiro atoms. The number of methoxy groups -OCH3 is 1. The Kier molecular flexibility index (Phi) is 6.89. The third kappa shape index (κ3) is 8.07. The van der Waals surface area contributed by atoms with Crippen LogP contribution in [0.3, 0.4) is 0 Å². The van der Waals surface area contributed by atoms with Crippen LogP contribution in [0.5, 0.6) is 0 Å². The lowest BCUT2D eigenvalue weighted by molar-refractivity contribution is -0.133. The molecular weight excluding hydrogens is 222 g/mol. The molecule has 0 aromatic heterocycles. The van der Waals surface area contributed by atoms with Gasteiger partial charge < -0.3 is 15.2 Å². The molecule has 0 radical (unpaired) electrons. The Balaban J connectivity index is 3.83. The number of aliphatic carboxylic acids is 1. The molecule has 0 saturated heterocycles. The van der Waals surface area contributed by atoms with Crippen LogP contribution in [-0.4, -0.2) is 52.5 Å². The highest BCUT2D eigenvalue weighted by Crippen LogP contribution is 1.87. The molecule has 0 aromatic carbocycles. The SMILES string of the molecule is COCC(C)NC(=O)CS(=O)CC(=O)O. The van der Waals surface area contributed by atoms with Gasteiger partial charge in [0.15, 0.2) is 0 Å². The van der Waals surface area contributed by atoms with Crippen molar-refractivity contribution in [1.82, 2.24) is 5.32 Å². The Morgan fingerprint density at radius 2 is 2.07 bits per heavy atom. The second-order valence-corrected chi connectivity index (χ2v) is 4.50. The zero-order chi connectivity index (χ0) is 11.8. The zero-order valence-electron chi connectivity index (χ0n) is 8.69. The molecule has 0 aromatic rings. The number of carboxylic acids is 1. The first-order valence-electron chi connectivity index (χ1n) is 4.30. The van der Waals surface area contributed by atoms with Crippen molar-refractivity contribution in [2.75, 3.05) is 25.2 Å². The van der Waals surface area contributed by atoms with Crippen molar-refractivity contribution in [2.24, 2.45) is 0 Å². The number of nitrogens with one attached hydrogen (secondary N) is 1. The van der Waals surface area contributed by atoms with E-state index < -0.39 is 28.4 Å². The Labute approximate surface area is 90.4 Å². The summed E-state index contributed by atoms with van der Waals surface area (Å²) >= 11 is 0. The molecule has 2 atom stereocenters. The van der Waals surface area contributed by atoms with E-state index in [0.29, 0.717) is 6.61 Å². The predicted octanol–water partition coefficient (Wildman–Crippen LogP) is -1.03. The molecule has 0 bridgehead atoms. The summed E-state index contributed by atoms with van der Waals surface area (Å²) in [5.41, 5.74) is 0. The number of hydrogen-bond donors (Lipinski definition) is 2. The molecule has 0 fully saturated rings. The second-order valence-electron chi connectivity index (χ2n) is 3.05. The molecule has 0 aliphatic carbocycles. The number of hydrogen-bond acceptors (Lipinski definition) is 4. The summed E-state index contributed by atoms with van der Waals surface area (Å²) < 4.78 is 15.8. The molecule has 0 aliphatic heterocycles. The van der Waals surface area contributed by atoms with Crippen LogP contribution in [0.2, 0.25) is 0 Å². The number of amides is 1. The van der Waals surface area contributed by atoms with E-state index in [-0.39, 0.29) is 11.8 Å². The summed E-state index contributed by atoms with van der Waals surface area (Å²) in [6.45, 7) is 2.10. The Morgan fingerprint density at radius 1 is 1.47 bits per heavy atom. The van der Waals surface area contributed by atoms with E-state index in [2.05, 4.69) is 5.32 Å². The van der Waals surface area contributed by atoms with Crippen LogP contribution < -0.4 is 5.32 Å². The second kappa shape index (κ2) is 7.36. The van der Waals surface area contributed by atoms with Crippen LogP contribution >= 0.6 is 0 Å². The van der Waals surface area contributed by atoms with E-state index in [4.69, 9.17) is 9.84 Å². The molecular formula is C8H15NO5S. The number of carbonyl (C=O) groups excluding carboxylic acids is 1. The molecule has 0 aliphatic rings. The lowest BCUT2D eigenvalue weighted by Crippen LogP contribution is -2.38. The largest absolute Gasteiger partial charge is 0.481 e. The van der Waals surface area contributed by atoms with Gasteiger partial charge in [-0.3, -0.25) is 13.8 Å². The fourth-order valence-electron chi connectivity index (χ4n) is 0.943. The molecule has 6 nitrogen and oxygen atoms in total. The van der Waals surface area contributed by atoms with Crippen molar-refractivity contribution >= 4 is 22.7 Å². The number of ether oxygens (including phenoxy) is 1. The average molecular weight is 237 g/mol. The van der Waals surface area contributed by atoms with Gasteiger partial charge >= 0.3 is 5.97 Å². The van der Waals surface area contributed by atoms with Gasteiger partial charge in [0.2, 0.25) is 5.91 Å². The van der Waals surface area contributed by atoms with Crippen LogP contribution in [0.25, 0.3) is 0 Å². The topological polar surface area (TPSA) is 92.7 Å². The number of rotatable bonds is 7. The molecule has 0 heterocycles. The maximum Gasteiger partial charge on any atom is 0.316 e. The van der Waals surface area contributed by atoms with Crippen molar-refractivity contribution in [1.29, 1.82) is 0 Å². The highest BCUT2D eigenvalue weighted by atomic mass is 32.2. The Hall–Kier alpha value is -0.950. The van der Waals surface area contributed by atoms with E-state index in [9.17, 15) is 13.8 Å². The van der Waals surface area contributed by atoms with E-state index in [1.54, 1.807) is 6.92 Å². The summed E-state index contributed by atoms with van der Waals surface area (Å²) in [5.74, 6) is -2.41. The third-order valence-corrected chi connectivity index (χ3v) is 2.55. The lowest BCUT2D eigenvalue weighted by Gasteiger charge is -2.11. The van der Waals surface area contributed by atoms with Crippen molar-refractivity contribution in [3.8, 4) is 0 Å². The fourth-order valence-corrected chi connectivity index (χ4v) is 1.70. The summed E-state index contributed by atoms with van der Waals surface area (Å²) in [5, 5.41) is 10.9. The molecule has 1 amide bonds. The van der Waals surface area contributed by atoms with Crippen LogP contribution in [-0.2, 0) is 25.1 Å². The predicted molar refractivity (Wildman–Crippen MR) is 55.0 cm³/mol. The summed E-state index contributed by atoms with van der Waals surface area (Å²) in [6.07, 6.45) is 0. The lowest BCUT2D eigenvalue weighted by atomic mass is 10.3. The van der Waals surface area contributed by atoms with Crippen LogP contribution in [0.4, 0.5) is 0 Å². The maximum atomic E-state index is 11.2. The van der Waals surface area contributed by atoms with Gasteiger partial charge in [-0.05, 0) is 6.92 Å². The van der Waals surface area contributed by atoms with Gasteiger partial charge in [0, 0.05) is 24.0 Å². The van der Waals surface area contributed by atoms with Crippen LogP contribution in [0, 0.1) is 0 Å². The maximum absolute atomic E-state index is 11.2. The molecule has 15 heavy (non-hydrogen) atoms. The first-order valence-corrected chi connectivity index (χ1v) is 5.79. The minimum Gasteiger partial charge on any atom is -0.481 e. The Morgan fingerprint density at radius 3 is 2.53 bits per heavy atom. The van der Waals surface area contributed by atoms with Gasteiger partial charge in [-0.2, -0.15) is 0 Å². The minimum absolute atomic E-state index is 0.177. The van der Waals surface area contributed by atoms with Gasteiger partial charge in [0.25, 0.3) is 0 Å². The summed E-state index contributed by atoms with van der Waals surface area (Å²) in [7, 11) is -0.148. The third-order valence-electron chi connectivity index (χ3n) is 1.40. The molecule has 2 unspecified atom stereocenters. The van der Waals surface area contributed by atoms with Gasteiger partial charge in [0.1, 0.15) is 11.5 Å². The van der Waals surface area contributed by atoms with Crippen molar-refractivity contribution in [3.63, 3.8) is 0 Å². The van der Waals surface area contributed by atoms with E-state index in [1.165, 1.54) is 7.11 Å². The number of carbonyl (C=O) groups is 2. The first-order chi connectivity index (χ1) is 6.95. The normalized spacial score (nSPS) is 14.3. The average Bonchev–Trinajstić information content (AvgIpc) is 2.00. The summed E-state index contributed by atoms with van der Waals surface area (Å²) in [4.78, 5) is 21.3. The molecule has 0 rings (SSSR count). The van der Waals surface area contributed by atoms with E-state index >= 15 is 0 Å². The van der Waals surface area contributed by atoms with Crippen molar-refractivity contribution in [2.45, 2.75) is 13.0 Å². The quantitative estimate of drug-likeness (QED) is 0.590. The molecule has 2 N–H and O–H groups in total. The Bertz CT molecular complexity index is 255. The van der Waals surface area contributed by atoms with Gasteiger partial charge in [-0.15, -0.1) is 0 Å². The zero-order valence-corrected chi connectivity index (χ0v) is 9.50. The van der Waals surface area contributed by atoms with Crippen molar-refractivity contribution < 1.29 is 23.6 Å². The van der Waals surface area contributed by atoms with Gasteiger partial charge in [0.05, 0.1) is 6.61 Å². The minimum atomic E-state index is -1.65. The van der Waals surface area contributed by atoms with E-state index in [0.717, 1.165) is 0 Å². The van der Waals surface area contributed by atoms with Crippen LogP contribution in [0.15, 0.2) is 0 Å². The van der Waals surface area contributed by atoms with E-state index in [1.807, 2.05) is 0 Å². The van der Waals surface area contributed by atoms with Crippen molar-refractivity contribution in [3.05, 3.63) is 0 Å². The van der Waals surface area contributed by atoms with Crippen LogP contribution in [0.1, 0.15) is 6.92 Å². The molecule has 88 valence electrons. The first kappa shape index (κ1) is 14.1. The number of carboxylic acid groups (broad SMARTS) is 1. The van der Waals surface area contributed by atoms with Gasteiger partial charge in [-0.1, -0.05) is 0 Å². The smallest absolute Gasteiger partial charge is 0.316 e. The highest BCUT2D eigenvalue weighted by Gasteiger charge is 2.13. The monoisotopic (exact) mass is 237 g/mol. The van der Waals surface area contributed by atoms with Gasteiger partial charge in [-0.25, -0.2) is 0 Å². The molecule has 0 saturated carbocycles. The fraction of sp³-hybridized carbons (Fsp3) is 0.750. The molecule has 7 heteroatoms. The standard InChI is InChI=1S/C8H15NO5S/c1-6(3-14-2)9-7(10)4-15(13)5-8(11)12/h6H,3-5H2,1-2H3,(H,9,10)(H,11,12). The summed E-state index contributed by atoms with van der Waals surface area (Å²) in [6, 6.07) is -0.177. The highest BCUT2D eigenvalue weighted by molar-refractivity contribution is 7.86.